The third kappa shape index (κ3) is 3.28. The van der Waals surface area contributed by atoms with E-state index in [1.807, 2.05) is 6.92 Å². The van der Waals surface area contributed by atoms with Crippen LogP contribution in [-0.4, -0.2) is 40.0 Å². The smallest absolute Gasteiger partial charge is 0.346 e. The Bertz CT molecular complexity index is 613. The van der Waals surface area contributed by atoms with Crippen molar-refractivity contribution in [1.29, 1.82) is 0 Å². The molecular formula is C13H16N2O3S2. The zero-order valence-electron chi connectivity index (χ0n) is 11.4. The average molecular weight is 312 g/mol. The van der Waals surface area contributed by atoms with Gasteiger partial charge >= 0.3 is 5.97 Å². The number of aromatic nitrogens is 2. The van der Waals surface area contributed by atoms with E-state index >= 15 is 0 Å². The van der Waals surface area contributed by atoms with Gasteiger partial charge in [-0.25, -0.2) is 14.8 Å². The molecule has 2 aromatic rings. The molecule has 0 unspecified atom stereocenters. The van der Waals surface area contributed by atoms with Gasteiger partial charge in [-0.05, 0) is 18.9 Å². The molecule has 0 saturated carbocycles. The summed E-state index contributed by atoms with van der Waals surface area (Å²) >= 11 is 2.78. The van der Waals surface area contributed by atoms with E-state index in [1.54, 1.807) is 11.8 Å². The second kappa shape index (κ2) is 7.01. The predicted octanol–water partition coefficient (Wildman–Crippen LogP) is 3.22. The Morgan fingerprint density at radius 2 is 2.25 bits per heavy atom. The van der Waals surface area contributed by atoms with E-state index in [9.17, 15) is 4.79 Å². The minimum atomic E-state index is -0.910. The molecule has 0 radical (unpaired) electrons. The van der Waals surface area contributed by atoms with Crippen molar-refractivity contribution in [2.45, 2.75) is 25.3 Å². The average Bonchev–Trinajstić information content (AvgIpc) is 2.77. The number of ether oxygens (including phenoxy) is 1. The molecule has 0 bridgehead atoms. The summed E-state index contributed by atoms with van der Waals surface area (Å²) in [5.74, 6) is -0.114. The Kier molecular flexibility index (Phi) is 5.33. The summed E-state index contributed by atoms with van der Waals surface area (Å²) in [5, 5.41) is 10.9. The SMILES string of the molecule is CCCOCCSc1ncnc2sc(C(=O)O)c(C)c12. The number of aryl methyl sites for hydroxylation is 1. The Labute approximate surface area is 125 Å². The second-order valence-corrected chi connectivity index (χ2v) is 6.26. The monoisotopic (exact) mass is 312 g/mol. The number of hydrogen-bond donors (Lipinski definition) is 1. The molecule has 0 aliphatic rings. The highest BCUT2D eigenvalue weighted by Gasteiger charge is 2.18. The van der Waals surface area contributed by atoms with Crippen LogP contribution in [0.4, 0.5) is 0 Å². The van der Waals surface area contributed by atoms with Crippen LogP contribution in [0.1, 0.15) is 28.6 Å². The molecule has 2 heterocycles. The van der Waals surface area contributed by atoms with Gasteiger partial charge in [0.15, 0.2) is 0 Å². The van der Waals surface area contributed by atoms with Crippen molar-refractivity contribution in [2.24, 2.45) is 0 Å². The van der Waals surface area contributed by atoms with Crippen LogP contribution in [0.15, 0.2) is 11.4 Å². The molecule has 0 amide bonds. The molecule has 5 nitrogen and oxygen atoms in total. The minimum Gasteiger partial charge on any atom is -0.477 e. The summed E-state index contributed by atoms with van der Waals surface area (Å²) in [7, 11) is 0. The minimum absolute atomic E-state index is 0.338. The molecular weight excluding hydrogens is 296 g/mol. The van der Waals surface area contributed by atoms with Gasteiger partial charge in [0.1, 0.15) is 21.1 Å². The van der Waals surface area contributed by atoms with Crippen LogP contribution in [0, 0.1) is 6.92 Å². The lowest BCUT2D eigenvalue weighted by molar-refractivity contribution is 0.0701. The van der Waals surface area contributed by atoms with Gasteiger partial charge in [0, 0.05) is 17.7 Å². The Morgan fingerprint density at radius 1 is 1.45 bits per heavy atom. The van der Waals surface area contributed by atoms with Crippen molar-refractivity contribution in [3.8, 4) is 0 Å². The number of carboxylic acids is 1. The molecule has 0 aliphatic heterocycles. The zero-order chi connectivity index (χ0) is 14.5. The van der Waals surface area contributed by atoms with Crippen molar-refractivity contribution < 1.29 is 14.6 Å². The second-order valence-electron chi connectivity index (χ2n) is 4.18. The lowest BCUT2D eigenvalue weighted by atomic mass is 10.2. The Hall–Kier alpha value is -1.18. The number of rotatable bonds is 7. The molecule has 0 fully saturated rings. The van der Waals surface area contributed by atoms with Crippen molar-refractivity contribution in [3.63, 3.8) is 0 Å². The first kappa shape index (κ1) is 15.2. The Balaban J connectivity index is 2.19. The molecule has 1 N–H and O–H groups in total. The van der Waals surface area contributed by atoms with Crippen molar-refractivity contribution in [3.05, 3.63) is 16.8 Å². The molecule has 108 valence electrons. The van der Waals surface area contributed by atoms with Crippen molar-refractivity contribution in [2.75, 3.05) is 19.0 Å². The van der Waals surface area contributed by atoms with Gasteiger partial charge in [0.25, 0.3) is 0 Å². The van der Waals surface area contributed by atoms with E-state index in [1.165, 1.54) is 17.7 Å². The number of thioether (sulfide) groups is 1. The fraction of sp³-hybridized carbons (Fsp3) is 0.462. The molecule has 2 rings (SSSR count). The van der Waals surface area contributed by atoms with Gasteiger partial charge < -0.3 is 9.84 Å². The fourth-order valence-corrected chi connectivity index (χ4v) is 3.76. The topological polar surface area (TPSA) is 72.3 Å². The maximum Gasteiger partial charge on any atom is 0.346 e. The summed E-state index contributed by atoms with van der Waals surface area (Å²) in [6.45, 7) is 5.31. The third-order valence-corrected chi connectivity index (χ3v) is 4.84. The summed E-state index contributed by atoms with van der Waals surface area (Å²) in [4.78, 5) is 20.7. The highest BCUT2D eigenvalue weighted by atomic mass is 32.2. The van der Waals surface area contributed by atoms with E-state index < -0.39 is 5.97 Å². The highest BCUT2D eigenvalue weighted by molar-refractivity contribution is 7.99. The first-order chi connectivity index (χ1) is 9.65. The highest BCUT2D eigenvalue weighted by Crippen LogP contribution is 2.34. The summed E-state index contributed by atoms with van der Waals surface area (Å²) in [5.41, 5.74) is 0.745. The first-order valence-electron chi connectivity index (χ1n) is 6.33. The van der Waals surface area contributed by atoms with Gasteiger partial charge in [-0.1, -0.05) is 6.92 Å². The number of thiophene rings is 1. The molecule has 0 atom stereocenters. The van der Waals surface area contributed by atoms with E-state index in [0.29, 0.717) is 11.5 Å². The number of hydrogen-bond acceptors (Lipinski definition) is 6. The van der Waals surface area contributed by atoms with Gasteiger partial charge in [0.05, 0.1) is 6.61 Å². The van der Waals surface area contributed by atoms with Crippen LogP contribution in [0.2, 0.25) is 0 Å². The van der Waals surface area contributed by atoms with Crippen LogP contribution < -0.4 is 0 Å². The lowest BCUT2D eigenvalue weighted by Gasteiger charge is -2.04. The quantitative estimate of drug-likeness (QED) is 0.481. The number of aromatic carboxylic acids is 1. The van der Waals surface area contributed by atoms with Crippen LogP contribution in [0.3, 0.4) is 0 Å². The zero-order valence-corrected chi connectivity index (χ0v) is 13.0. The van der Waals surface area contributed by atoms with Gasteiger partial charge in [0.2, 0.25) is 0 Å². The summed E-state index contributed by atoms with van der Waals surface area (Å²) in [6.07, 6.45) is 2.49. The van der Waals surface area contributed by atoms with Crippen LogP contribution in [0.5, 0.6) is 0 Å². The van der Waals surface area contributed by atoms with E-state index in [0.717, 1.165) is 39.6 Å². The van der Waals surface area contributed by atoms with Crippen molar-refractivity contribution >= 4 is 39.3 Å². The molecule has 0 saturated heterocycles. The van der Waals surface area contributed by atoms with E-state index in [-0.39, 0.29) is 0 Å². The normalized spacial score (nSPS) is 11.1. The van der Waals surface area contributed by atoms with Gasteiger partial charge in [-0.2, -0.15) is 0 Å². The number of nitrogens with zero attached hydrogens (tertiary/aromatic N) is 2. The van der Waals surface area contributed by atoms with E-state index in [2.05, 4.69) is 16.9 Å². The summed E-state index contributed by atoms with van der Waals surface area (Å²) < 4.78 is 5.43. The molecule has 0 aliphatic carbocycles. The van der Waals surface area contributed by atoms with Crippen LogP contribution in [-0.2, 0) is 4.74 Å². The molecule has 20 heavy (non-hydrogen) atoms. The molecule has 7 heteroatoms. The van der Waals surface area contributed by atoms with E-state index in [4.69, 9.17) is 9.84 Å². The maximum atomic E-state index is 11.2. The molecule has 2 aromatic heterocycles. The largest absolute Gasteiger partial charge is 0.477 e. The van der Waals surface area contributed by atoms with Gasteiger partial charge in [-0.3, -0.25) is 0 Å². The summed E-state index contributed by atoms with van der Waals surface area (Å²) in [6, 6.07) is 0. The standard InChI is InChI=1S/C13H16N2O3S2/c1-3-4-18-5-6-19-11-9-8(2)10(13(16)17)20-12(9)15-7-14-11/h7H,3-6H2,1-2H3,(H,16,17). The number of fused-ring (bicyclic) bond motifs is 1. The predicted molar refractivity (Wildman–Crippen MR) is 80.9 cm³/mol. The van der Waals surface area contributed by atoms with Crippen LogP contribution in [0.25, 0.3) is 10.2 Å². The third-order valence-electron chi connectivity index (χ3n) is 2.70. The Morgan fingerprint density at radius 3 is 2.95 bits per heavy atom. The number of carbonyl (C=O) groups is 1. The molecule has 0 spiro atoms. The van der Waals surface area contributed by atoms with Crippen molar-refractivity contribution in [1.82, 2.24) is 9.97 Å². The number of carboxylic acid groups (broad SMARTS) is 1. The van der Waals surface area contributed by atoms with Gasteiger partial charge in [-0.15, -0.1) is 23.1 Å². The lowest BCUT2D eigenvalue weighted by Crippen LogP contribution is -1.99. The molecule has 0 aromatic carbocycles. The first-order valence-corrected chi connectivity index (χ1v) is 8.13. The fourth-order valence-electron chi connectivity index (χ4n) is 1.80. The maximum absolute atomic E-state index is 11.2. The van der Waals surface area contributed by atoms with Crippen LogP contribution >= 0.6 is 23.1 Å².